The highest BCUT2D eigenvalue weighted by Gasteiger charge is 2.33. The van der Waals surface area contributed by atoms with Crippen LogP contribution in [0.1, 0.15) is 27.3 Å². The quantitative estimate of drug-likeness (QED) is 0.693. The van der Waals surface area contributed by atoms with Crippen LogP contribution in [0.25, 0.3) is 0 Å². The topological polar surface area (TPSA) is 54.9 Å². The van der Waals surface area contributed by atoms with E-state index in [1.54, 1.807) is 36.4 Å². The van der Waals surface area contributed by atoms with Gasteiger partial charge in [0.15, 0.2) is 0 Å². The van der Waals surface area contributed by atoms with Crippen LogP contribution in [0.3, 0.4) is 0 Å². The summed E-state index contributed by atoms with van der Waals surface area (Å²) in [6, 6.07) is 13.2. The number of hydrogen-bond donors (Lipinski definition) is 1. The number of aromatic nitrogens is 2. The molecule has 0 bridgehead atoms. The smallest absolute Gasteiger partial charge is 0.322 e. The van der Waals surface area contributed by atoms with E-state index >= 15 is 0 Å². The largest absolute Gasteiger partial charge is 0.417 e. The molecule has 0 aliphatic heterocycles. The van der Waals surface area contributed by atoms with Gasteiger partial charge in [-0.1, -0.05) is 24.1 Å². The maximum atomic E-state index is 13.2. The van der Waals surface area contributed by atoms with Crippen molar-refractivity contribution in [3.8, 4) is 11.8 Å². The van der Waals surface area contributed by atoms with Gasteiger partial charge in [-0.25, -0.2) is 9.97 Å². The summed E-state index contributed by atoms with van der Waals surface area (Å²) in [5, 5.41) is 2.57. The minimum atomic E-state index is -4.58. The Kier molecular flexibility index (Phi) is 5.18. The molecule has 0 aliphatic carbocycles. The fraction of sp³-hybridized carbons (Fsp3) is 0.0500. The molecule has 3 aromatic rings. The highest BCUT2D eigenvalue weighted by atomic mass is 19.4. The lowest BCUT2D eigenvalue weighted by atomic mass is 10.1. The minimum Gasteiger partial charge on any atom is -0.322 e. The zero-order chi connectivity index (χ0) is 19.3. The van der Waals surface area contributed by atoms with E-state index < -0.39 is 17.6 Å². The van der Waals surface area contributed by atoms with E-state index in [0.29, 0.717) is 5.56 Å². The zero-order valence-electron chi connectivity index (χ0n) is 13.8. The van der Waals surface area contributed by atoms with Gasteiger partial charge in [-0.3, -0.25) is 4.79 Å². The van der Waals surface area contributed by atoms with Crippen LogP contribution in [0.2, 0.25) is 0 Å². The maximum Gasteiger partial charge on any atom is 0.417 e. The summed E-state index contributed by atoms with van der Waals surface area (Å²) in [6.45, 7) is 0. The second-order valence-corrected chi connectivity index (χ2v) is 5.40. The van der Waals surface area contributed by atoms with E-state index in [0.717, 1.165) is 6.07 Å². The van der Waals surface area contributed by atoms with E-state index in [1.165, 1.54) is 24.5 Å². The summed E-state index contributed by atoms with van der Waals surface area (Å²) in [5.41, 5.74) is -0.581. The third-order valence-corrected chi connectivity index (χ3v) is 3.49. The average Bonchev–Trinajstić information content (AvgIpc) is 2.67. The fourth-order valence-electron chi connectivity index (χ4n) is 2.25. The van der Waals surface area contributed by atoms with Gasteiger partial charge in [0, 0.05) is 29.2 Å². The summed E-state index contributed by atoms with van der Waals surface area (Å²) >= 11 is 0. The molecule has 3 rings (SSSR count). The number of carbonyl (C=O) groups excluding carboxylic acids is 1. The van der Waals surface area contributed by atoms with Crippen molar-refractivity contribution >= 4 is 11.6 Å². The molecule has 4 nitrogen and oxygen atoms in total. The van der Waals surface area contributed by atoms with E-state index in [2.05, 4.69) is 27.1 Å². The van der Waals surface area contributed by atoms with E-state index in [-0.39, 0.29) is 17.1 Å². The molecule has 1 amide bonds. The second kappa shape index (κ2) is 7.70. The zero-order valence-corrected chi connectivity index (χ0v) is 13.8. The van der Waals surface area contributed by atoms with Gasteiger partial charge in [0.25, 0.3) is 5.91 Å². The molecule has 0 spiro atoms. The number of halogens is 3. The van der Waals surface area contributed by atoms with Crippen molar-refractivity contribution in [3.05, 3.63) is 89.5 Å². The highest BCUT2D eigenvalue weighted by Crippen LogP contribution is 2.33. The summed E-state index contributed by atoms with van der Waals surface area (Å²) < 4.78 is 39.7. The molecule has 1 heterocycles. The number of amides is 1. The van der Waals surface area contributed by atoms with Crippen molar-refractivity contribution in [2.75, 3.05) is 5.32 Å². The highest BCUT2D eigenvalue weighted by molar-refractivity contribution is 6.04. The molecule has 27 heavy (non-hydrogen) atoms. The van der Waals surface area contributed by atoms with Gasteiger partial charge in [-0.15, -0.1) is 0 Å². The van der Waals surface area contributed by atoms with Crippen molar-refractivity contribution in [1.29, 1.82) is 0 Å². The maximum absolute atomic E-state index is 13.2. The molecule has 134 valence electrons. The molecule has 1 aromatic heterocycles. The Hall–Kier alpha value is -3.66. The number of rotatable bonds is 2. The predicted molar refractivity (Wildman–Crippen MR) is 93.9 cm³/mol. The first-order chi connectivity index (χ1) is 12.9. The van der Waals surface area contributed by atoms with E-state index in [4.69, 9.17) is 0 Å². The molecule has 2 aromatic carbocycles. The minimum absolute atomic E-state index is 0.101. The van der Waals surface area contributed by atoms with Crippen LogP contribution in [-0.2, 0) is 6.18 Å². The Morgan fingerprint density at radius 1 is 0.926 bits per heavy atom. The first-order valence-electron chi connectivity index (χ1n) is 7.80. The third-order valence-electron chi connectivity index (χ3n) is 3.49. The van der Waals surface area contributed by atoms with E-state index in [1.807, 2.05) is 0 Å². The van der Waals surface area contributed by atoms with Gasteiger partial charge in [0.2, 0.25) is 5.82 Å². The van der Waals surface area contributed by atoms with Crippen LogP contribution in [0.4, 0.5) is 18.9 Å². The number of alkyl halides is 3. The van der Waals surface area contributed by atoms with Gasteiger partial charge in [0.05, 0.1) is 5.56 Å². The summed E-state index contributed by atoms with van der Waals surface area (Å²) in [5.74, 6) is 4.62. The first-order valence-corrected chi connectivity index (χ1v) is 7.80. The number of benzene rings is 2. The number of nitrogens with zero attached hydrogens (tertiary/aromatic N) is 2. The van der Waals surface area contributed by atoms with Gasteiger partial charge in [-0.05, 0) is 42.3 Å². The summed E-state index contributed by atoms with van der Waals surface area (Å²) in [4.78, 5) is 19.9. The van der Waals surface area contributed by atoms with Gasteiger partial charge >= 0.3 is 6.18 Å². The van der Waals surface area contributed by atoms with E-state index in [9.17, 15) is 18.0 Å². The Balaban J connectivity index is 1.94. The van der Waals surface area contributed by atoms with Crippen LogP contribution in [0, 0.1) is 11.8 Å². The van der Waals surface area contributed by atoms with Crippen LogP contribution in [0.15, 0.2) is 67.0 Å². The lowest BCUT2D eigenvalue weighted by molar-refractivity contribution is -0.137. The molecule has 0 unspecified atom stereocenters. The van der Waals surface area contributed by atoms with Crippen molar-refractivity contribution in [3.63, 3.8) is 0 Å². The van der Waals surface area contributed by atoms with Crippen LogP contribution in [-0.4, -0.2) is 15.9 Å². The molecular formula is C20H12F3N3O. The van der Waals surface area contributed by atoms with Crippen molar-refractivity contribution < 1.29 is 18.0 Å². The van der Waals surface area contributed by atoms with Gasteiger partial charge in [0.1, 0.15) is 0 Å². The first kappa shape index (κ1) is 18.1. The molecule has 0 aliphatic rings. The monoisotopic (exact) mass is 367 g/mol. The molecule has 7 heteroatoms. The van der Waals surface area contributed by atoms with Crippen LogP contribution in [0.5, 0.6) is 0 Å². The number of nitrogens with one attached hydrogen (secondary N) is 1. The summed E-state index contributed by atoms with van der Waals surface area (Å²) in [6.07, 6.45) is -1.69. The number of anilines is 1. The lowest BCUT2D eigenvalue weighted by Crippen LogP contribution is -2.13. The number of carbonyl (C=O) groups is 1. The molecule has 0 saturated heterocycles. The molecular weight excluding hydrogens is 355 g/mol. The molecule has 0 atom stereocenters. The Morgan fingerprint density at radius 2 is 1.63 bits per heavy atom. The van der Waals surface area contributed by atoms with Gasteiger partial charge in [-0.2, -0.15) is 13.2 Å². The van der Waals surface area contributed by atoms with Crippen LogP contribution >= 0.6 is 0 Å². The van der Waals surface area contributed by atoms with Gasteiger partial charge < -0.3 is 5.32 Å². The summed E-state index contributed by atoms with van der Waals surface area (Å²) in [7, 11) is 0. The second-order valence-electron chi connectivity index (χ2n) is 5.40. The standard InChI is InChI=1S/C20H12F3N3O/c21-20(22,23)17-9-8-16(26-19(27)14-5-2-1-3-6-14)13-15(17)7-10-18-24-11-4-12-25-18/h1-6,8-9,11-13H,(H,26,27). The molecule has 0 radical (unpaired) electrons. The molecule has 0 fully saturated rings. The number of hydrogen-bond acceptors (Lipinski definition) is 3. The predicted octanol–water partition coefficient (Wildman–Crippen LogP) is 4.15. The fourth-order valence-corrected chi connectivity index (χ4v) is 2.25. The Morgan fingerprint density at radius 3 is 2.30 bits per heavy atom. The molecule has 0 saturated carbocycles. The molecule has 1 N–H and O–H groups in total. The Labute approximate surface area is 153 Å². The third kappa shape index (κ3) is 4.70. The van der Waals surface area contributed by atoms with Crippen molar-refractivity contribution in [2.24, 2.45) is 0 Å². The van der Waals surface area contributed by atoms with Crippen LogP contribution < -0.4 is 5.32 Å². The Bertz CT molecular complexity index is 1010. The SMILES string of the molecule is O=C(Nc1ccc(C(F)(F)F)c(C#Cc2ncccn2)c1)c1ccccc1. The average molecular weight is 367 g/mol. The van der Waals surface area contributed by atoms with Crippen molar-refractivity contribution in [1.82, 2.24) is 9.97 Å². The van der Waals surface area contributed by atoms with Crippen molar-refractivity contribution in [2.45, 2.75) is 6.18 Å². The normalized spacial score (nSPS) is 10.6. The lowest BCUT2D eigenvalue weighted by Gasteiger charge is -2.12.